The van der Waals surface area contributed by atoms with Crippen LogP contribution in [0.15, 0.2) is 4.99 Å². The molecule has 0 aromatic carbocycles. The van der Waals surface area contributed by atoms with Gasteiger partial charge in [-0.05, 0) is 31.4 Å². The van der Waals surface area contributed by atoms with Crippen LogP contribution in [0.1, 0.15) is 19.3 Å². The zero-order chi connectivity index (χ0) is 14.5. The summed E-state index contributed by atoms with van der Waals surface area (Å²) in [6, 6.07) is 0. The summed E-state index contributed by atoms with van der Waals surface area (Å²) in [6.07, 6.45) is 5.40. The van der Waals surface area contributed by atoms with Crippen LogP contribution in [0.2, 0.25) is 0 Å². The summed E-state index contributed by atoms with van der Waals surface area (Å²) in [5, 5.41) is 6.57. The van der Waals surface area contributed by atoms with Gasteiger partial charge in [-0.2, -0.15) is 11.8 Å². The van der Waals surface area contributed by atoms with Crippen molar-refractivity contribution >= 4 is 41.7 Å². The fourth-order valence-corrected chi connectivity index (χ4v) is 2.34. The van der Waals surface area contributed by atoms with Gasteiger partial charge in [-0.25, -0.2) is 0 Å². The standard InChI is InChI=1S/C14H29N3O2S.HI/c1-15-14(17-7-11-20-2)16-6-3-8-19-12-13-4-9-18-10-5-13;/h13H,3-12H2,1-2H3,(H2,15,16,17);1H. The highest BCUT2D eigenvalue weighted by Gasteiger charge is 2.13. The van der Waals surface area contributed by atoms with Gasteiger partial charge in [0.2, 0.25) is 0 Å². The van der Waals surface area contributed by atoms with E-state index in [0.29, 0.717) is 5.92 Å². The summed E-state index contributed by atoms with van der Waals surface area (Å²) < 4.78 is 11.1. The third-order valence-corrected chi connectivity index (χ3v) is 3.89. The van der Waals surface area contributed by atoms with Crippen molar-refractivity contribution in [3.8, 4) is 0 Å². The Balaban J connectivity index is 0.00000400. The highest BCUT2D eigenvalue weighted by Crippen LogP contribution is 2.14. The average molecular weight is 431 g/mol. The second-order valence-corrected chi connectivity index (χ2v) is 5.89. The SMILES string of the molecule is CN=C(NCCCOCC1CCOCC1)NCCSC.I. The number of halogens is 1. The van der Waals surface area contributed by atoms with Gasteiger partial charge < -0.3 is 20.1 Å². The normalized spacial score (nSPS) is 16.4. The Morgan fingerprint density at radius 3 is 2.67 bits per heavy atom. The van der Waals surface area contributed by atoms with Crippen molar-refractivity contribution in [1.29, 1.82) is 0 Å². The lowest BCUT2D eigenvalue weighted by Crippen LogP contribution is -2.39. The molecule has 1 rings (SSSR count). The fourth-order valence-electron chi connectivity index (χ4n) is 2.04. The largest absolute Gasteiger partial charge is 0.381 e. The molecule has 0 aliphatic carbocycles. The van der Waals surface area contributed by atoms with Gasteiger partial charge in [0.05, 0.1) is 0 Å². The van der Waals surface area contributed by atoms with E-state index < -0.39 is 0 Å². The molecular formula is C14H30IN3O2S. The Kier molecular flexibility index (Phi) is 15.4. The van der Waals surface area contributed by atoms with E-state index in [0.717, 1.165) is 70.5 Å². The number of hydrogen-bond donors (Lipinski definition) is 2. The molecule has 0 unspecified atom stereocenters. The van der Waals surface area contributed by atoms with Gasteiger partial charge in [0.25, 0.3) is 0 Å². The van der Waals surface area contributed by atoms with Crippen LogP contribution in [0, 0.1) is 5.92 Å². The van der Waals surface area contributed by atoms with Gasteiger partial charge in [-0.3, -0.25) is 4.99 Å². The van der Waals surface area contributed by atoms with Gasteiger partial charge >= 0.3 is 0 Å². The zero-order valence-corrected chi connectivity index (χ0v) is 16.4. The molecule has 0 atom stereocenters. The van der Waals surface area contributed by atoms with Gasteiger partial charge in [-0.1, -0.05) is 0 Å². The highest BCUT2D eigenvalue weighted by molar-refractivity contribution is 14.0. The van der Waals surface area contributed by atoms with Gasteiger partial charge in [-0.15, -0.1) is 24.0 Å². The number of nitrogens with one attached hydrogen (secondary N) is 2. The van der Waals surface area contributed by atoms with Crippen LogP contribution in [0.3, 0.4) is 0 Å². The number of nitrogens with zero attached hydrogens (tertiary/aromatic N) is 1. The Morgan fingerprint density at radius 2 is 2.00 bits per heavy atom. The van der Waals surface area contributed by atoms with E-state index in [-0.39, 0.29) is 24.0 Å². The Hall–Kier alpha value is 0.270. The van der Waals surface area contributed by atoms with Gasteiger partial charge in [0.15, 0.2) is 5.96 Å². The quantitative estimate of drug-likeness (QED) is 0.253. The summed E-state index contributed by atoms with van der Waals surface area (Å²) in [6.45, 7) is 5.32. The third-order valence-electron chi connectivity index (χ3n) is 3.27. The second kappa shape index (κ2) is 15.2. The van der Waals surface area contributed by atoms with Crippen LogP contribution in [-0.2, 0) is 9.47 Å². The molecule has 1 aliphatic heterocycles. The monoisotopic (exact) mass is 431 g/mol. The molecule has 0 saturated carbocycles. The Bertz CT molecular complexity index is 265. The molecule has 0 amide bonds. The molecule has 126 valence electrons. The molecule has 1 heterocycles. The smallest absolute Gasteiger partial charge is 0.191 e. The van der Waals surface area contributed by atoms with Crippen molar-refractivity contribution in [2.75, 3.05) is 58.6 Å². The predicted molar refractivity (Wildman–Crippen MR) is 102 cm³/mol. The first-order valence-electron chi connectivity index (χ1n) is 7.45. The minimum atomic E-state index is 0. The molecule has 0 bridgehead atoms. The lowest BCUT2D eigenvalue weighted by atomic mass is 10.0. The van der Waals surface area contributed by atoms with Crippen LogP contribution in [0.5, 0.6) is 0 Å². The number of aliphatic imine (C=N–C) groups is 1. The molecule has 1 fully saturated rings. The zero-order valence-electron chi connectivity index (χ0n) is 13.2. The summed E-state index contributed by atoms with van der Waals surface area (Å²) in [7, 11) is 1.80. The Morgan fingerprint density at radius 1 is 1.29 bits per heavy atom. The van der Waals surface area contributed by atoms with E-state index in [4.69, 9.17) is 9.47 Å². The van der Waals surface area contributed by atoms with E-state index in [1.807, 2.05) is 11.8 Å². The number of rotatable bonds is 9. The molecule has 0 radical (unpaired) electrons. The molecule has 21 heavy (non-hydrogen) atoms. The molecule has 7 heteroatoms. The van der Waals surface area contributed by atoms with Crippen LogP contribution in [0.25, 0.3) is 0 Å². The van der Waals surface area contributed by atoms with E-state index >= 15 is 0 Å². The number of guanidine groups is 1. The summed E-state index contributed by atoms with van der Waals surface area (Å²) in [5.74, 6) is 2.66. The first kappa shape index (κ1) is 21.3. The molecule has 1 saturated heterocycles. The minimum absolute atomic E-state index is 0. The third kappa shape index (κ3) is 11.5. The lowest BCUT2D eigenvalue weighted by molar-refractivity contribution is 0.0203. The molecule has 0 aromatic heterocycles. The maximum Gasteiger partial charge on any atom is 0.191 e. The van der Waals surface area contributed by atoms with Crippen LogP contribution in [0.4, 0.5) is 0 Å². The molecule has 5 nitrogen and oxygen atoms in total. The van der Waals surface area contributed by atoms with E-state index in [1.54, 1.807) is 7.05 Å². The molecule has 2 N–H and O–H groups in total. The van der Waals surface area contributed by atoms with Crippen molar-refractivity contribution < 1.29 is 9.47 Å². The van der Waals surface area contributed by atoms with Crippen molar-refractivity contribution in [2.45, 2.75) is 19.3 Å². The molecule has 1 aliphatic rings. The van der Waals surface area contributed by atoms with E-state index in [2.05, 4.69) is 21.9 Å². The van der Waals surface area contributed by atoms with E-state index in [9.17, 15) is 0 Å². The Labute approximate surface area is 150 Å². The van der Waals surface area contributed by atoms with Crippen molar-refractivity contribution in [1.82, 2.24) is 10.6 Å². The van der Waals surface area contributed by atoms with Crippen molar-refractivity contribution in [3.05, 3.63) is 0 Å². The summed E-state index contributed by atoms with van der Waals surface area (Å²) in [4.78, 5) is 4.18. The number of thioether (sulfide) groups is 1. The number of hydrogen-bond acceptors (Lipinski definition) is 4. The molecule has 0 aromatic rings. The first-order valence-corrected chi connectivity index (χ1v) is 8.85. The summed E-state index contributed by atoms with van der Waals surface area (Å²) >= 11 is 1.83. The van der Waals surface area contributed by atoms with Gasteiger partial charge in [0, 0.05) is 52.3 Å². The van der Waals surface area contributed by atoms with E-state index in [1.165, 1.54) is 0 Å². The van der Waals surface area contributed by atoms with Crippen molar-refractivity contribution in [3.63, 3.8) is 0 Å². The molecule has 0 spiro atoms. The fraction of sp³-hybridized carbons (Fsp3) is 0.929. The van der Waals surface area contributed by atoms with Crippen LogP contribution < -0.4 is 10.6 Å². The lowest BCUT2D eigenvalue weighted by Gasteiger charge is -2.21. The number of ether oxygens (including phenoxy) is 2. The highest BCUT2D eigenvalue weighted by atomic mass is 127. The first-order chi connectivity index (χ1) is 9.86. The predicted octanol–water partition coefficient (Wildman–Crippen LogP) is 1.97. The van der Waals surface area contributed by atoms with Crippen LogP contribution in [-0.4, -0.2) is 64.5 Å². The van der Waals surface area contributed by atoms with Crippen LogP contribution >= 0.6 is 35.7 Å². The molecular weight excluding hydrogens is 401 g/mol. The average Bonchev–Trinajstić information content (AvgIpc) is 2.50. The topological polar surface area (TPSA) is 54.9 Å². The minimum Gasteiger partial charge on any atom is -0.381 e. The van der Waals surface area contributed by atoms with Crippen molar-refractivity contribution in [2.24, 2.45) is 10.9 Å². The maximum absolute atomic E-state index is 5.73. The summed E-state index contributed by atoms with van der Waals surface area (Å²) in [5.41, 5.74) is 0. The second-order valence-electron chi connectivity index (χ2n) is 4.90. The maximum atomic E-state index is 5.73. The van der Waals surface area contributed by atoms with Gasteiger partial charge in [0.1, 0.15) is 0 Å².